The van der Waals surface area contributed by atoms with Crippen LogP contribution in [0.1, 0.15) is 26.3 Å². The Labute approximate surface area is 107 Å². The second kappa shape index (κ2) is 6.47. The maximum absolute atomic E-state index is 10.6. The van der Waals surface area contributed by atoms with Gasteiger partial charge in [-0.3, -0.25) is 10.1 Å². The van der Waals surface area contributed by atoms with E-state index >= 15 is 0 Å². The van der Waals surface area contributed by atoms with Gasteiger partial charge >= 0.3 is 0 Å². The van der Waals surface area contributed by atoms with E-state index in [1.165, 1.54) is 6.07 Å². The predicted octanol–water partition coefficient (Wildman–Crippen LogP) is 2.50. The molecule has 0 fully saturated rings. The lowest BCUT2D eigenvalue weighted by Crippen LogP contribution is -2.37. The molecule has 5 heteroatoms. The molecule has 5 nitrogen and oxygen atoms in total. The number of hydrogen-bond acceptors (Lipinski definition) is 4. The smallest absolute Gasteiger partial charge is 0.269 e. The van der Waals surface area contributed by atoms with Gasteiger partial charge in [0.15, 0.2) is 0 Å². The Morgan fingerprint density at radius 2 is 2.17 bits per heavy atom. The van der Waals surface area contributed by atoms with E-state index in [4.69, 9.17) is 4.74 Å². The van der Waals surface area contributed by atoms with Gasteiger partial charge in [-0.25, -0.2) is 0 Å². The van der Waals surface area contributed by atoms with Crippen LogP contribution in [0.2, 0.25) is 0 Å². The van der Waals surface area contributed by atoms with Gasteiger partial charge in [0.25, 0.3) is 5.69 Å². The minimum absolute atomic E-state index is 0.123. The molecule has 0 aliphatic rings. The number of ether oxygens (including phenoxy) is 1. The van der Waals surface area contributed by atoms with Crippen LogP contribution in [0.5, 0.6) is 0 Å². The fourth-order valence-electron chi connectivity index (χ4n) is 1.73. The first-order valence-electron chi connectivity index (χ1n) is 6.02. The summed E-state index contributed by atoms with van der Waals surface area (Å²) in [6.45, 7) is 7.95. The van der Waals surface area contributed by atoms with Gasteiger partial charge in [-0.05, 0) is 26.3 Å². The number of nitrogens with zero attached hydrogens (tertiary/aromatic N) is 1. The second-order valence-corrected chi connectivity index (χ2v) is 4.72. The highest BCUT2D eigenvalue weighted by Crippen LogP contribution is 2.13. The van der Waals surface area contributed by atoms with E-state index in [0.29, 0.717) is 19.7 Å². The molecule has 0 radical (unpaired) electrons. The summed E-state index contributed by atoms with van der Waals surface area (Å²) < 4.78 is 5.56. The number of nitro groups is 1. The molecule has 0 aliphatic heterocycles. The summed E-state index contributed by atoms with van der Waals surface area (Å²) in [5.41, 5.74) is 0.796. The average molecular weight is 252 g/mol. The van der Waals surface area contributed by atoms with Crippen molar-refractivity contribution < 1.29 is 9.66 Å². The molecular weight excluding hydrogens is 232 g/mol. The molecule has 0 unspecified atom stereocenters. The monoisotopic (exact) mass is 252 g/mol. The third-order valence-corrected chi connectivity index (χ3v) is 2.54. The van der Waals surface area contributed by atoms with Crippen LogP contribution in [0.25, 0.3) is 0 Å². The van der Waals surface area contributed by atoms with Gasteiger partial charge < -0.3 is 10.1 Å². The van der Waals surface area contributed by atoms with Gasteiger partial charge in [0.2, 0.25) is 0 Å². The maximum Gasteiger partial charge on any atom is 0.269 e. The number of rotatable bonds is 7. The Balaban J connectivity index is 2.49. The molecule has 1 N–H and O–H groups in total. The minimum Gasteiger partial charge on any atom is -0.375 e. The lowest BCUT2D eigenvalue weighted by molar-refractivity contribution is -0.384. The first-order valence-corrected chi connectivity index (χ1v) is 6.02. The summed E-state index contributed by atoms with van der Waals surface area (Å²) >= 11 is 0. The molecule has 0 aromatic heterocycles. The lowest BCUT2D eigenvalue weighted by Gasteiger charge is -2.25. The molecule has 0 amide bonds. The maximum atomic E-state index is 10.6. The third-order valence-electron chi connectivity index (χ3n) is 2.54. The zero-order chi connectivity index (χ0) is 13.6. The van der Waals surface area contributed by atoms with Crippen molar-refractivity contribution in [2.24, 2.45) is 0 Å². The van der Waals surface area contributed by atoms with Crippen molar-refractivity contribution in [3.63, 3.8) is 0 Å². The van der Waals surface area contributed by atoms with Gasteiger partial charge in [-0.1, -0.05) is 12.1 Å². The quantitative estimate of drug-likeness (QED) is 0.598. The standard InChI is InChI=1S/C13H20N2O3/c1-4-18-13(2,3)10-14-9-11-6-5-7-12(8-11)15(16)17/h5-8,14H,4,9-10H2,1-3H3. The van der Waals surface area contributed by atoms with Gasteiger partial charge in [0.05, 0.1) is 10.5 Å². The first kappa shape index (κ1) is 14.6. The first-order chi connectivity index (χ1) is 8.44. The Kier molecular flexibility index (Phi) is 5.25. The Bertz CT molecular complexity index is 405. The topological polar surface area (TPSA) is 64.4 Å². The molecule has 1 aromatic carbocycles. The highest BCUT2D eigenvalue weighted by Gasteiger charge is 2.16. The van der Waals surface area contributed by atoms with E-state index in [2.05, 4.69) is 5.32 Å². The molecule has 0 bridgehead atoms. The highest BCUT2D eigenvalue weighted by molar-refractivity contribution is 5.34. The molecule has 0 heterocycles. The van der Waals surface area contributed by atoms with E-state index in [-0.39, 0.29) is 16.2 Å². The van der Waals surface area contributed by atoms with Crippen LogP contribution < -0.4 is 5.32 Å². The number of nitrogens with one attached hydrogen (secondary N) is 1. The van der Waals surface area contributed by atoms with Crippen LogP contribution in [-0.2, 0) is 11.3 Å². The van der Waals surface area contributed by atoms with Crippen LogP contribution in [0.15, 0.2) is 24.3 Å². The number of non-ortho nitro benzene ring substituents is 1. The van der Waals surface area contributed by atoms with Crippen LogP contribution in [0.4, 0.5) is 5.69 Å². The van der Waals surface area contributed by atoms with Gasteiger partial charge in [-0.2, -0.15) is 0 Å². The van der Waals surface area contributed by atoms with E-state index in [1.54, 1.807) is 12.1 Å². The summed E-state index contributed by atoms with van der Waals surface area (Å²) in [4.78, 5) is 10.3. The number of nitro benzene ring substituents is 1. The van der Waals surface area contributed by atoms with Gasteiger partial charge in [0.1, 0.15) is 0 Å². The fraction of sp³-hybridized carbons (Fsp3) is 0.538. The molecule has 100 valence electrons. The van der Waals surface area contributed by atoms with Gasteiger partial charge in [0, 0.05) is 31.8 Å². The van der Waals surface area contributed by atoms with Crippen molar-refractivity contribution in [1.29, 1.82) is 0 Å². The number of hydrogen-bond donors (Lipinski definition) is 1. The molecule has 0 spiro atoms. The van der Waals surface area contributed by atoms with E-state index in [9.17, 15) is 10.1 Å². The zero-order valence-corrected chi connectivity index (χ0v) is 11.1. The molecule has 0 saturated heterocycles. The summed E-state index contributed by atoms with van der Waals surface area (Å²) in [5.74, 6) is 0. The van der Waals surface area contributed by atoms with E-state index < -0.39 is 0 Å². The molecule has 0 aliphatic carbocycles. The van der Waals surface area contributed by atoms with Crippen LogP contribution in [0.3, 0.4) is 0 Å². The summed E-state index contributed by atoms with van der Waals surface area (Å²) in [6, 6.07) is 6.64. The second-order valence-electron chi connectivity index (χ2n) is 4.72. The number of benzene rings is 1. The van der Waals surface area contributed by atoms with Crippen LogP contribution >= 0.6 is 0 Å². The van der Waals surface area contributed by atoms with Crippen molar-refractivity contribution in [2.75, 3.05) is 13.2 Å². The van der Waals surface area contributed by atoms with E-state index in [1.807, 2.05) is 26.8 Å². The highest BCUT2D eigenvalue weighted by atomic mass is 16.6. The zero-order valence-electron chi connectivity index (χ0n) is 11.1. The Hall–Kier alpha value is -1.46. The van der Waals surface area contributed by atoms with Crippen LogP contribution in [-0.4, -0.2) is 23.7 Å². The minimum atomic E-state index is -0.381. The molecule has 0 atom stereocenters. The normalized spacial score (nSPS) is 11.5. The van der Waals surface area contributed by atoms with Crippen molar-refractivity contribution in [2.45, 2.75) is 32.9 Å². The van der Waals surface area contributed by atoms with Crippen molar-refractivity contribution in [3.8, 4) is 0 Å². The van der Waals surface area contributed by atoms with E-state index in [0.717, 1.165) is 5.56 Å². The summed E-state index contributed by atoms with van der Waals surface area (Å²) in [7, 11) is 0. The Morgan fingerprint density at radius 3 is 2.78 bits per heavy atom. The summed E-state index contributed by atoms with van der Waals surface area (Å²) in [5, 5.41) is 13.9. The van der Waals surface area contributed by atoms with Crippen LogP contribution in [0, 0.1) is 10.1 Å². The lowest BCUT2D eigenvalue weighted by atomic mass is 10.1. The molecular formula is C13H20N2O3. The molecule has 0 saturated carbocycles. The van der Waals surface area contributed by atoms with Crippen molar-refractivity contribution in [3.05, 3.63) is 39.9 Å². The largest absolute Gasteiger partial charge is 0.375 e. The average Bonchev–Trinajstić information content (AvgIpc) is 2.29. The predicted molar refractivity (Wildman–Crippen MR) is 70.5 cm³/mol. The third kappa shape index (κ3) is 4.81. The van der Waals surface area contributed by atoms with Crippen molar-refractivity contribution >= 4 is 5.69 Å². The Morgan fingerprint density at radius 1 is 1.44 bits per heavy atom. The fourth-order valence-corrected chi connectivity index (χ4v) is 1.73. The SMILES string of the molecule is CCOC(C)(C)CNCc1cccc([N+](=O)[O-])c1. The molecule has 18 heavy (non-hydrogen) atoms. The van der Waals surface area contributed by atoms with Gasteiger partial charge in [-0.15, -0.1) is 0 Å². The summed E-state index contributed by atoms with van der Waals surface area (Å²) in [6.07, 6.45) is 0. The molecule has 1 aromatic rings. The molecule has 1 rings (SSSR count). The van der Waals surface area contributed by atoms with Crippen molar-refractivity contribution in [1.82, 2.24) is 5.32 Å².